The summed E-state index contributed by atoms with van der Waals surface area (Å²) in [6.45, 7) is 0. The summed E-state index contributed by atoms with van der Waals surface area (Å²) in [7, 11) is 0. The molecule has 28 heavy (non-hydrogen) atoms. The fourth-order valence-electron chi connectivity index (χ4n) is 3.32. The quantitative estimate of drug-likeness (QED) is 0.560. The molecule has 0 unspecified atom stereocenters. The van der Waals surface area contributed by atoms with Crippen LogP contribution in [0.15, 0.2) is 78.9 Å². The number of rotatable bonds is 5. The van der Waals surface area contributed by atoms with Crippen molar-refractivity contribution in [2.45, 2.75) is 12.5 Å². The summed E-state index contributed by atoms with van der Waals surface area (Å²) in [5, 5.41) is 15.2. The molecule has 4 aromatic rings. The molecule has 0 bridgehead atoms. The second kappa shape index (κ2) is 7.48. The van der Waals surface area contributed by atoms with Gasteiger partial charge in [0.15, 0.2) is 0 Å². The maximum absolute atomic E-state index is 12.6. The minimum atomic E-state index is -1.08. The number of pyridine rings is 1. The van der Waals surface area contributed by atoms with Crippen LogP contribution in [0.2, 0.25) is 0 Å². The molecule has 0 saturated carbocycles. The SMILES string of the molecule is O=C(N[C@@H](Cc1cccc2ccccc12)C(=O)O)c1ccc2ccccc2n1. The van der Waals surface area contributed by atoms with Crippen molar-refractivity contribution in [2.75, 3.05) is 0 Å². The van der Waals surface area contributed by atoms with Gasteiger partial charge in [-0.3, -0.25) is 4.79 Å². The monoisotopic (exact) mass is 370 g/mol. The number of amides is 1. The highest BCUT2D eigenvalue weighted by atomic mass is 16.4. The van der Waals surface area contributed by atoms with E-state index in [9.17, 15) is 14.7 Å². The molecule has 4 rings (SSSR count). The van der Waals surface area contributed by atoms with Crippen molar-refractivity contribution in [3.8, 4) is 0 Å². The molecule has 2 N–H and O–H groups in total. The number of aliphatic carboxylic acids is 1. The Hall–Kier alpha value is -3.73. The summed E-state index contributed by atoms with van der Waals surface area (Å²) >= 11 is 0. The van der Waals surface area contributed by atoms with Crippen LogP contribution >= 0.6 is 0 Å². The summed E-state index contributed by atoms with van der Waals surface area (Å²) in [4.78, 5) is 28.7. The molecule has 0 radical (unpaired) electrons. The van der Waals surface area contributed by atoms with E-state index in [1.165, 1.54) is 0 Å². The minimum Gasteiger partial charge on any atom is -0.480 e. The van der Waals surface area contributed by atoms with E-state index in [1.807, 2.05) is 66.7 Å². The minimum absolute atomic E-state index is 0.190. The Morgan fingerprint density at radius 1 is 0.857 bits per heavy atom. The van der Waals surface area contributed by atoms with Crippen LogP contribution in [-0.2, 0) is 11.2 Å². The first-order valence-electron chi connectivity index (χ1n) is 8.98. The number of hydrogen-bond donors (Lipinski definition) is 2. The lowest BCUT2D eigenvalue weighted by Gasteiger charge is -2.16. The molecule has 0 saturated heterocycles. The molecule has 0 fully saturated rings. The van der Waals surface area contributed by atoms with Crippen molar-refractivity contribution in [3.63, 3.8) is 0 Å². The maximum atomic E-state index is 12.6. The molecule has 5 nitrogen and oxygen atoms in total. The number of fused-ring (bicyclic) bond motifs is 2. The molecule has 1 atom stereocenters. The molecule has 1 amide bonds. The van der Waals surface area contributed by atoms with Crippen LogP contribution in [0.5, 0.6) is 0 Å². The number of carbonyl (C=O) groups excluding carboxylic acids is 1. The average Bonchev–Trinajstić information content (AvgIpc) is 2.73. The van der Waals surface area contributed by atoms with E-state index in [0.29, 0.717) is 5.52 Å². The highest BCUT2D eigenvalue weighted by Gasteiger charge is 2.22. The van der Waals surface area contributed by atoms with Crippen LogP contribution in [0.4, 0.5) is 0 Å². The van der Waals surface area contributed by atoms with Gasteiger partial charge in [-0.1, -0.05) is 66.7 Å². The van der Waals surface area contributed by atoms with Gasteiger partial charge in [0.25, 0.3) is 5.91 Å². The Bertz CT molecular complexity index is 1180. The first-order chi connectivity index (χ1) is 13.6. The summed E-state index contributed by atoms with van der Waals surface area (Å²) in [5.74, 6) is -1.58. The average molecular weight is 370 g/mol. The Morgan fingerprint density at radius 3 is 2.39 bits per heavy atom. The largest absolute Gasteiger partial charge is 0.480 e. The third kappa shape index (κ3) is 3.55. The molecule has 0 spiro atoms. The fourth-order valence-corrected chi connectivity index (χ4v) is 3.32. The van der Waals surface area contributed by atoms with Gasteiger partial charge in [-0.05, 0) is 28.5 Å². The van der Waals surface area contributed by atoms with E-state index in [2.05, 4.69) is 10.3 Å². The lowest BCUT2D eigenvalue weighted by molar-refractivity contribution is -0.139. The van der Waals surface area contributed by atoms with Crippen molar-refractivity contribution < 1.29 is 14.7 Å². The number of carboxylic acids is 1. The molecular weight excluding hydrogens is 352 g/mol. The van der Waals surface area contributed by atoms with Crippen LogP contribution in [0.25, 0.3) is 21.7 Å². The van der Waals surface area contributed by atoms with E-state index in [4.69, 9.17) is 0 Å². The van der Waals surface area contributed by atoms with Gasteiger partial charge in [-0.25, -0.2) is 9.78 Å². The van der Waals surface area contributed by atoms with Crippen LogP contribution in [0, 0.1) is 0 Å². The number of nitrogens with zero attached hydrogens (tertiary/aromatic N) is 1. The maximum Gasteiger partial charge on any atom is 0.326 e. The fraction of sp³-hybridized carbons (Fsp3) is 0.0870. The number of hydrogen-bond acceptors (Lipinski definition) is 3. The normalized spacial score (nSPS) is 12.0. The number of aromatic nitrogens is 1. The highest BCUT2D eigenvalue weighted by Crippen LogP contribution is 2.20. The van der Waals surface area contributed by atoms with E-state index >= 15 is 0 Å². The van der Waals surface area contributed by atoms with Crippen molar-refractivity contribution in [2.24, 2.45) is 0 Å². The summed E-state index contributed by atoms with van der Waals surface area (Å²) in [6, 6.07) is 23.4. The number of benzene rings is 3. The van der Waals surface area contributed by atoms with Gasteiger partial charge in [0, 0.05) is 11.8 Å². The lowest BCUT2D eigenvalue weighted by Crippen LogP contribution is -2.42. The smallest absolute Gasteiger partial charge is 0.326 e. The van der Waals surface area contributed by atoms with Crippen LogP contribution in [-0.4, -0.2) is 28.0 Å². The van der Waals surface area contributed by atoms with Crippen molar-refractivity contribution in [3.05, 3.63) is 90.1 Å². The Labute approximate surface area is 161 Å². The van der Waals surface area contributed by atoms with Crippen molar-refractivity contribution >= 4 is 33.6 Å². The lowest BCUT2D eigenvalue weighted by atomic mass is 9.98. The van der Waals surface area contributed by atoms with Gasteiger partial charge in [-0.2, -0.15) is 0 Å². The first-order valence-corrected chi connectivity index (χ1v) is 8.98. The second-order valence-corrected chi connectivity index (χ2v) is 6.60. The standard InChI is InChI=1S/C23H18N2O3/c26-22(20-13-12-16-7-2-4-11-19(16)24-20)25-21(23(27)28)14-17-9-5-8-15-6-1-3-10-18(15)17/h1-13,21H,14H2,(H,25,26)(H,27,28)/t21-/m0/s1. The molecule has 0 aliphatic rings. The summed E-state index contributed by atoms with van der Waals surface area (Å²) in [6.07, 6.45) is 0.190. The predicted octanol–water partition coefficient (Wildman–Crippen LogP) is 3.81. The van der Waals surface area contributed by atoms with Crippen LogP contribution < -0.4 is 5.32 Å². The number of nitrogens with one attached hydrogen (secondary N) is 1. The summed E-state index contributed by atoms with van der Waals surface area (Å²) in [5.41, 5.74) is 1.76. The summed E-state index contributed by atoms with van der Waals surface area (Å²) < 4.78 is 0. The van der Waals surface area contributed by atoms with Gasteiger partial charge in [0.1, 0.15) is 11.7 Å². The zero-order chi connectivity index (χ0) is 19.5. The van der Waals surface area contributed by atoms with E-state index in [0.717, 1.165) is 21.7 Å². The molecule has 0 aliphatic heterocycles. The van der Waals surface area contributed by atoms with E-state index in [1.54, 1.807) is 12.1 Å². The van der Waals surface area contributed by atoms with Crippen LogP contribution in [0.1, 0.15) is 16.1 Å². The molecule has 3 aromatic carbocycles. The Morgan fingerprint density at radius 2 is 1.57 bits per heavy atom. The third-order valence-electron chi connectivity index (χ3n) is 4.74. The number of para-hydroxylation sites is 1. The highest BCUT2D eigenvalue weighted by molar-refractivity contribution is 5.97. The first kappa shape index (κ1) is 17.7. The third-order valence-corrected chi connectivity index (χ3v) is 4.74. The van der Waals surface area contributed by atoms with Gasteiger partial charge in [0.2, 0.25) is 0 Å². The van der Waals surface area contributed by atoms with Crippen molar-refractivity contribution in [1.29, 1.82) is 0 Å². The van der Waals surface area contributed by atoms with Gasteiger partial charge >= 0.3 is 5.97 Å². The van der Waals surface area contributed by atoms with Crippen molar-refractivity contribution in [1.82, 2.24) is 10.3 Å². The van der Waals surface area contributed by atoms with Gasteiger partial charge in [0.05, 0.1) is 5.52 Å². The molecule has 138 valence electrons. The molecule has 5 heteroatoms. The van der Waals surface area contributed by atoms with E-state index in [-0.39, 0.29) is 12.1 Å². The zero-order valence-electron chi connectivity index (χ0n) is 15.0. The van der Waals surface area contributed by atoms with Gasteiger partial charge < -0.3 is 10.4 Å². The Kier molecular flexibility index (Phi) is 4.72. The zero-order valence-corrected chi connectivity index (χ0v) is 15.0. The molecule has 1 aromatic heterocycles. The molecule has 0 aliphatic carbocycles. The topological polar surface area (TPSA) is 79.3 Å². The predicted molar refractivity (Wildman–Crippen MR) is 108 cm³/mol. The Balaban J connectivity index is 1.59. The molecular formula is C23H18N2O3. The van der Waals surface area contributed by atoms with Crippen LogP contribution in [0.3, 0.4) is 0 Å². The second-order valence-electron chi connectivity index (χ2n) is 6.60. The van der Waals surface area contributed by atoms with E-state index < -0.39 is 17.9 Å². The number of carbonyl (C=O) groups is 2. The molecule has 1 heterocycles. The number of carboxylic acid groups (broad SMARTS) is 1. The van der Waals surface area contributed by atoms with Gasteiger partial charge in [-0.15, -0.1) is 0 Å².